The van der Waals surface area contributed by atoms with Crippen LogP contribution >= 0.6 is 11.3 Å². The van der Waals surface area contributed by atoms with Gasteiger partial charge in [0.25, 0.3) is 0 Å². The van der Waals surface area contributed by atoms with E-state index in [-0.39, 0.29) is 0 Å². The minimum Gasteiger partial charge on any atom is -0.340 e. The molecule has 0 radical (unpaired) electrons. The summed E-state index contributed by atoms with van der Waals surface area (Å²) in [5.74, 6) is 1.73. The number of anilines is 2. The molecule has 1 aromatic carbocycles. The van der Waals surface area contributed by atoms with Crippen LogP contribution in [0, 0.1) is 19.8 Å². The van der Waals surface area contributed by atoms with Gasteiger partial charge in [0.2, 0.25) is 0 Å². The Kier molecular flexibility index (Phi) is 3.57. The zero-order valence-corrected chi connectivity index (χ0v) is 14.6. The summed E-state index contributed by atoms with van der Waals surface area (Å²) >= 11 is 1.84. The summed E-state index contributed by atoms with van der Waals surface area (Å²) in [5.41, 5.74) is 5.17. The van der Waals surface area contributed by atoms with Crippen LogP contribution in [0.15, 0.2) is 24.5 Å². The highest BCUT2D eigenvalue weighted by atomic mass is 32.1. The largest absolute Gasteiger partial charge is 0.340 e. The molecule has 2 heterocycles. The van der Waals surface area contributed by atoms with Gasteiger partial charge in [0.1, 0.15) is 17.0 Å². The normalized spacial score (nSPS) is 17.3. The summed E-state index contributed by atoms with van der Waals surface area (Å²) in [4.78, 5) is 11.7. The summed E-state index contributed by atoms with van der Waals surface area (Å²) in [7, 11) is 0. The fourth-order valence-electron chi connectivity index (χ4n) is 3.33. The molecule has 1 N–H and O–H groups in total. The second-order valence-electron chi connectivity index (χ2n) is 6.68. The van der Waals surface area contributed by atoms with Gasteiger partial charge in [-0.25, -0.2) is 9.97 Å². The first-order valence-electron chi connectivity index (χ1n) is 8.21. The Morgan fingerprint density at radius 3 is 2.87 bits per heavy atom. The van der Waals surface area contributed by atoms with Crippen LogP contribution in [0.5, 0.6) is 0 Å². The van der Waals surface area contributed by atoms with Crippen molar-refractivity contribution in [3.05, 3.63) is 46.1 Å². The number of nitrogens with one attached hydrogen (secondary N) is 1. The van der Waals surface area contributed by atoms with Crippen molar-refractivity contribution in [3.63, 3.8) is 0 Å². The number of thiophene rings is 1. The lowest BCUT2D eigenvalue weighted by atomic mass is 9.89. The van der Waals surface area contributed by atoms with Gasteiger partial charge >= 0.3 is 0 Å². The Morgan fingerprint density at radius 1 is 1.17 bits per heavy atom. The Bertz CT molecular complexity index is 882. The van der Waals surface area contributed by atoms with E-state index in [1.165, 1.54) is 39.8 Å². The lowest BCUT2D eigenvalue weighted by Crippen LogP contribution is -2.09. The van der Waals surface area contributed by atoms with E-state index < -0.39 is 0 Å². The molecule has 23 heavy (non-hydrogen) atoms. The van der Waals surface area contributed by atoms with Crippen molar-refractivity contribution in [3.8, 4) is 0 Å². The van der Waals surface area contributed by atoms with Crippen LogP contribution < -0.4 is 5.32 Å². The van der Waals surface area contributed by atoms with Gasteiger partial charge in [0, 0.05) is 10.6 Å². The quantitative estimate of drug-likeness (QED) is 0.706. The highest BCUT2D eigenvalue weighted by Crippen LogP contribution is 2.40. The molecule has 0 saturated carbocycles. The summed E-state index contributed by atoms with van der Waals surface area (Å²) < 4.78 is 0. The van der Waals surface area contributed by atoms with Gasteiger partial charge in [-0.15, -0.1) is 11.3 Å². The summed E-state index contributed by atoms with van der Waals surface area (Å²) in [6.45, 7) is 6.62. The second kappa shape index (κ2) is 5.60. The maximum absolute atomic E-state index is 4.54. The lowest BCUT2D eigenvalue weighted by molar-refractivity contribution is 0.509. The average molecular weight is 323 g/mol. The standard InChI is InChI=1S/C19H21N3S/c1-11-4-7-15-16(8-11)23-19-17(15)18(20-10-21-19)22-14-6-5-12(2)13(3)9-14/h5-6,9-11H,4,7-8H2,1-3H3,(H,20,21,22). The van der Waals surface area contributed by atoms with E-state index in [2.05, 4.69) is 54.3 Å². The number of aryl methyl sites for hydroxylation is 3. The number of hydrogen-bond donors (Lipinski definition) is 1. The number of fused-ring (bicyclic) bond motifs is 3. The molecule has 4 rings (SSSR count). The van der Waals surface area contributed by atoms with Gasteiger partial charge in [0.05, 0.1) is 5.39 Å². The number of rotatable bonds is 2. The first-order chi connectivity index (χ1) is 11.1. The van der Waals surface area contributed by atoms with Gasteiger partial charge in [-0.05, 0) is 67.9 Å². The number of nitrogens with zero attached hydrogens (tertiary/aromatic N) is 2. The monoisotopic (exact) mass is 323 g/mol. The third kappa shape index (κ3) is 2.61. The molecular formula is C19H21N3S. The molecule has 3 nitrogen and oxygen atoms in total. The van der Waals surface area contributed by atoms with Gasteiger partial charge < -0.3 is 5.32 Å². The topological polar surface area (TPSA) is 37.8 Å². The fourth-order valence-corrected chi connectivity index (χ4v) is 4.68. The smallest absolute Gasteiger partial charge is 0.142 e. The Labute approximate surface area is 140 Å². The van der Waals surface area contributed by atoms with E-state index in [0.717, 1.165) is 28.7 Å². The molecule has 0 amide bonds. The van der Waals surface area contributed by atoms with Crippen LogP contribution in [-0.4, -0.2) is 9.97 Å². The van der Waals surface area contributed by atoms with Crippen LogP contribution in [-0.2, 0) is 12.8 Å². The van der Waals surface area contributed by atoms with E-state index in [1.54, 1.807) is 6.33 Å². The summed E-state index contributed by atoms with van der Waals surface area (Å²) in [6, 6.07) is 6.46. The van der Waals surface area contributed by atoms with E-state index in [9.17, 15) is 0 Å². The molecule has 1 unspecified atom stereocenters. The van der Waals surface area contributed by atoms with Crippen molar-refractivity contribution in [1.29, 1.82) is 0 Å². The van der Waals surface area contributed by atoms with E-state index >= 15 is 0 Å². The predicted octanol–water partition coefficient (Wildman–Crippen LogP) is 5.18. The molecule has 2 aromatic heterocycles. The minimum atomic E-state index is 0.777. The Morgan fingerprint density at radius 2 is 2.04 bits per heavy atom. The van der Waals surface area contributed by atoms with E-state index in [4.69, 9.17) is 0 Å². The van der Waals surface area contributed by atoms with Gasteiger partial charge in [-0.3, -0.25) is 0 Å². The van der Waals surface area contributed by atoms with Crippen LogP contribution in [0.25, 0.3) is 10.2 Å². The maximum Gasteiger partial charge on any atom is 0.142 e. The van der Waals surface area contributed by atoms with Crippen molar-refractivity contribution in [1.82, 2.24) is 9.97 Å². The molecule has 0 aliphatic heterocycles. The zero-order valence-electron chi connectivity index (χ0n) is 13.8. The van der Waals surface area contributed by atoms with Crippen molar-refractivity contribution in [2.45, 2.75) is 40.0 Å². The first kappa shape index (κ1) is 14.6. The molecule has 0 spiro atoms. The van der Waals surface area contributed by atoms with Crippen molar-refractivity contribution in [2.75, 3.05) is 5.32 Å². The highest BCUT2D eigenvalue weighted by Gasteiger charge is 2.23. The average Bonchev–Trinajstić information content (AvgIpc) is 2.89. The third-order valence-electron chi connectivity index (χ3n) is 4.86. The molecule has 1 aliphatic rings. The van der Waals surface area contributed by atoms with Gasteiger partial charge in [-0.1, -0.05) is 13.0 Å². The van der Waals surface area contributed by atoms with Crippen molar-refractivity contribution in [2.24, 2.45) is 5.92 Å². The van der Waals surface area contributed by atoms with Crippen LogP contribution in [0.3, 0.4) is 0 Å². The molecule has 4 heteroatoms. The van der Waals surface area contributed by atoms with E-state index in [1.807, 2.05) is 11.3 Å². The summed E-state index contributed by atoms with van der Waals surface area (Å²) in [5, 5.41) is 4.75. The SMILES string of the molecule is Cc1ccc(Nc2ncnc3sc4c(c23)CCC(C)C4)cc1C. The fraction of sp³-hybridized carbons (Fsp3) is 0.368. The van der Waals surface area contributed by atoms with Crippen LogP contribution in [0.2, 0.25) is 0 Å². The molecule has 0 saturated heterocycles. The predicted molar refractivity (Wildman–Crippen MR) is 97.8 cm³/mol. The number of hydrogen-bond acceptors (Lipinski definition) is 4. The molecule has 0 fully saturated rings. The number of benzene rings is 1. The Hall–Kier alpha value is -1.94. The second-order valence-corrected chi connectivity index (χ2v) is 7.76. The molecular weight excluding hydrogens is 302 g/mol. The Balaban J connectivity index is 1.79. The molecule has 0 bridgehead atoms. The summed E-state index contributed by atoms with van der Waals surface area (Å²) in [6.07, 6.45) is 5.26. The molecule has 1 aliphatic carbocycles. The van der Waals surface area contributed by atoms with Gasteiger partial charge in [-0.2, -0.15) is 0 Å². The molecule has 118 valence electrons. The molecule has 1 atom stereocenters. The first-order valence-corrected chi connectivity index (χ1v) is 9.03. The van der Waals surface area contributed by atoms with Crippen molar-refractivity contribution < 1.29 is 0 Å². The van der Waals surface area contributed by atoms with Crippen LogP contribution in [0.1, 0.15) is 34.9 Å². The van der Waals surface area contributed by atoms with Crippen molar-refractivity contribution >= 4 is 33.1 Å². The number of aromatic nitrogens is 2. The third-order valence-corrected chi connectivity index (χ3v) is 6.02. The molecule has 3 aromatic rings. The highest BCUT2D eigenvalue weighted by molar-refractivity contribution is 7.19. The lowest BCUT2D eigenvalue weighted by Gasteiger charge is -2.18. The maximum atomic E-state index is 4.54. The minimum absolute atomic E-state index is 0.777. The van der Waals surface area contributed by atoms with E-state index in [0.29, 0.717) is 0 Å². The van der Waals surface area contributed by atoms with Gasteiger partial charge in [0.15, 0.2) is 0 Å². The van der Waals surface area contributed by atoms with Crippen LogP contribution in [0.4, 0.5) is 11.5 Å². The zero-order chi connectivity index (χ0) is 16.0.